The zero-order chi connectivity index (χ0) is 22.7. The second kappa shape index (κ2) is 8.89. The van der Waals surface area contributed by atoms with Gasteiger partial charge in [-0.1, -0.05) is 48.9 Å². The monoisotopic (exact) mass is 459 g/mol. The summed E-state index contributed by atoms with van der Waals surface area (Å²) in [5.41, 5.74) is -5.47. The molecule has 1 aromatic rings. The van der Waals surface area contributed by atoms with Gasteiger partial charge in [0, 0.05) is 18.5 Å². The molecule has 1 heterocycles. The van der Waals surface area contributed by atoms with Crippen LogP contribution in [0.1, 0.15) is 37.7 Å². The van der Waals surface area contributed by atoms with Crippen molar-refractivity contribution in [2.24, 2.45) is 10.6 Å². The number of hydrogen-bond donors (Lipinski definition) is 1. The van der Waals surface area contributed by atoms with E-state index >= 15 is 0 Å². The Hall–Kier alpha value is -2.56. The highest BCUT2D eigenvalue weighted by molar-refractivity contribution is 7.93. The van der Waals surface area contributed by atoms with Gasteiger partial charge < -0.3 is 9.74 Å². The highest BCUT2D eigenvalue weighted by atomic mass is 32.2. The number of sulfonamides is 1. The lowest BCUT2D eigenvalue weighted by molar-refractivity contribution is -0.127. The zero-order valence-electron chi connectivity index (χ0n) is 16.8. The first-order valence-electron chi connectivity index (χ1n) is 9.87. The topological polar surface area (TPSA) is 88.1 Å². The van der Waals surface area contributed by atoms with Crippen LogP contribution >= 0.6 is 0 Å². The van der Waals surface area contributed by atoms with Crippen LogP contribution in [0.3, 0.4) is 0 Å². The molecule has 1 aliphatic carbocycles. The molecule has 170 valence electrons. The van der Waals surface area contributed by atoms with Crippen molar-refractivity contribution < 1.29 is 31.2 Å². The van der Waals surface area contributed by atoms with Gasteiger partial charge in [0.25, 0.3) is 5.91 Å². The highest BCUT2D eigenvalue weighted by Crippen LogP contribution is 2.45. The molecule has 1 amide bonds. The molecule has 2 aliphatic rings. The summed E-state index contributed by atoms with van der Waals surface area (Å²) in [7, 11) is -5.58. The summed E-state index contributed by atoms with van der Waals surface area (Å²) in [6.07, 6.45) is 5.78. The predicted octanol–water partition coefficient (Wildman–Crippen LogP) is 3.80. The van der Waals surface area contributed by atoms with E-state index in [4.69, 9.17) is 4.84 Å². The number of para-hydroxylation sites is 1. The van der Waals surface area contributed by atoms with E-state index < -0.39 is 15.5 Å². The van der Waals surface area contributed by atoms with Gasteiger partial charge >= 0.3 is 15.5 Å². The van der Waals surface area contributed by atoms with Crippen molar-refractivity contribution >= 4 is 27.3 Å². The molecule has 31 heavy (non-hydrogen) atoms. The lowest BCUT2D eigenvalue weighted by atomic mass is 9.75. The average Bonchev–Trinajstić information content (AvgIpc) is 3.16. The SMILES string of the molecule is C=CCO/N=C1/C(=O)N(Cc2ccccc2NS(=O)(=O)C(F)(F)F)CCC12CCCC2. The maximum atomic E-state index is 13.2. The van der Waals surface area contributed by atoms with Crippen LogP contribution in [-0.2, 0) is 26.2 Å². The lowest BCUT2D eigenvalue weighted by Gasteiger charge is -2.39. The number of hydrogen-bond acceptors (Lipinski definition) is 5. The molecule has 0 atom stereocenters. The van der Waals surface area contributed by atoms with Crippen molar-refractivity contribution in [3.8, 4) is 0 Å². The normalized spacial score (nSPS) is 20.3. The molecule has 3 rings (SSSR count). The minimum atomic E-state index is -5.58. The summed E-state index contributed by atoms with van der Waals surface area (Å²) in [5.74, 6) is -0.356. The van der Waals surface area contributed by atoms with Gasteiger partial charge in [0.2, 0.25) is 0 Å². The van der Waals surface area contributed by atoms with Crippen molar-refractivity contribution in [3.05, 3.63) is 42.5 Å². The molecule has 1 N–H and O–H groups in total. The second-order valence-corrected chi connectivity index (χ2v) is 9.37. The summed E-state index contributed by atoms with van der Waals surface area (Å²) in [4.78, 5) is 19.9. The Balaban J connectivity index is 1.84. The minimum absolute atomic E-state index is 0.0635. The van der Waals surface area contributed by atoms with Gasteiger partial charge in [0.15, 0.2) is 5.71 Å². The molecule has 2 fully saturated rings. The third-order valence-electron chi connectivity index (χ3n) is 5.69. The predicted molar refractivity (Wildman–Crippen MR) is 110 cm³/mol. The Labute approximate surface area is 179 Å². The van der Waals surface area contributed by atoms with Gasteiger partial charge in [-0.05, 0) is 30.9 Å². The van der Waals surface area contributed by atoms with Gasteiger partial charge in [-0.25, -0.2) is 0 Å². The summed E-state index contributed by atoms with van der Waals surface area (Å²) in [6.45, 7) is 4.03. The number of rotatable bonds is 7. The number of carbonyl (C=O) groups excluding carboxylic acids is 1. The minimum Gasteiger partial charge on any atom is -0.391 e. The van der Waals surface area contributed by atoms with Crippen LogP contribution in [0.4, 0.5) is 18.9 Å². The molecule has 1 aliphatic heterocycles. The van der Waals surface area contributed by atoms with E-state index in [9.17, 15) is 26.4 Å². The number of nitrogens with one attached hydrogen (secondary N) is 1. The summed E-state index contributed by atoms with van der Waals surface area (Å²) in [6, 6.07) is 5.69. The van der Waals surface area contributed by atoms with E-state index in [1.165, 1.54) is 29.2 Å². The maximum absolute atomic E-state index is 13.2. The molecule has 1 saturated heterocycles. The van der Waals surface area contributed by atoms with Crippen molar-refractivity contribution in [1.82, 2.24) is 4.90 Å². The molecule has 1 aromatic carbocycles. The Bertz CT molecular complexity index is 970. The molecule has 1 saturated carbocycles. The van der Waals surface area contributed by atoms with E-state index in [0.29, 0.717) is 18.7 Å². The molecule has 0 radical (unpaired) electrons. The average molecular weight is 459 g/mol. The maximum Gasteiger partial charge on any atom is 0.516 e. The Morgan fingerprint density at radius 1 is 1.23 bits per heavy atom. The first-order chi connectivity index (χ1) is 14.6. The van der Waals surface area contributed by atoms with E-state index in [0.717, 1.165) is 25.7 Å². The van der Waals surface area contributed by atoms with E-state index in [1.54, 1.807) is 10.8 Å². The highest BCUT2D eigenvalue weighted by Gasteiger charge is 2.48. The summed E-state index contributed by atoms with van der Waals surface area (Å²) < 4.78 is 63.0. The fourth-order valence-electron chi connectivity index (χ4n) is 4.09. The fraction of sp³-hybridized carbons (Fsp3) is 0.500. The quantitative estimate of drug-likeness (QED) is 0.382. The third-order valence-corrected chi connectivity index (χ3v) is 6.79. The van der Waals surface area contributed by atoms with Crippen LogP contribution in [0.5, 0.6) is 0 Å². The third kappa shape index (κ3) is 4.86. The number of likely N-dealkylation sites (tertiary alicyclic amines) is 1. The van der Waals surface area contributed by atoms with Crippen LogP contribution in [-0.4, -0.2) is 43.6 Å². The number of amides is 1. The fourth-order valence-corrected chi connectivity index (χ4v) is 4.70. The van der Waals surface area contributed by atoms with Crippen molar-refractivity contribution in [3.63, 3.8) is 0 Å². The van der Waals surface area contributed by atoms with Gasteiger partial charge in [-0.15, -0.1) is 0 Å². The molecule has 0 bridgehead atoms. The first-order valence-corrected chi connectivity index (χ1v) is 11.4. The lowest BCUT2D eigenvalue weighted by Crippen LogP contribution is -2.51. The molecular weight excluding hydrogens is 435 g/mol. The van der Waals surface area contributed by atoms with Gasteiger partial charge in [0.1, 0.15) is 6.61 Å². The Morgan fingerprint density at radius 3 is 2.55 bits per heavy atom. The number of piperidine rings is 1. The standard InChI is InChI=1S/C20H24F3N3O4S/c1-2-13-30-24-17-18(27)26(12-11-19(17)9-5-6-10-19)14-15-7-3-4-8-16(15)25-31(28,29)20(21,22)23/h2-4,7-8,25H,1,5-6,9-14H2/b24-17-. The zero-order valence-corrected chi connectivity index (χ0v) is 17.6. The molecule has 1 spiro atoms. The van der Waals surface area contributed by atoms with Gasteiger partial charge in [-0.3, -0.25) is 9.52 Å². The molecule has 0 unspecified atom stereocenters. The summed E-state index contributed by atoms with van der Waals surface area (Å²) >= 11 is 0. The smallest absolute Gasteiger partial charge is 0.391 e. The molecular formula is C20H24F3N3O4S. The first kappa shape index (κ1) is 23.1. The number of halogens is 3. The molecule has 7 nitrogen and oxygen atoms in total. The van der Waals surface area contributed by atoms with E-state index in [-0.39, 0.29) is 35.7 Å². The summed E-state index contributed by atoms with van der Waals surface area (Å²) in [5, 5.41) is 4.09. The Morgan fingerprint density at radius 2 is 1.90 bits per heavy atom. The number of nitrogens with zero attached hydrogens (tertiary/aromatic N) is 2. The molecule has 11 heteroatoms. The van der Waals surface area contributed by atoms with E-state index in [1.807, 2.05) is 0 Å². The largest absolute Gasteiger partial charge is 0.516 e. The van der Waals surface area contributed by atoms with Gasteiger partial charge in [-0.2, -0.15) is 21.6 Å². The van der Waals surface area contributed by atoms with E-state index in [2.05, 4.69) is 11.7 Å². The van der Waals surface area contributed by atoms with Crippen molar-refractivity contribution in [1.29, 1.82) is 0 Å². The van der Waals surface area contributed by atoms with Crippen LogP contribution < -0.4 is 4.72 Å². The number of carbonyl (C=O) groups is 1. The number of oxime groups is 1. The second-order valence-electron chi connectivity index (χ2n) is 7.70. The van der Waals surface area contributed by atoms with Crippen LogP contribution in [0, 0.1) is 5.41 Å². The van der Waals surface area contributed by atoms with Crippen molar-refractivity contribution in [2.45, 2.75) is 44.2 Å². The Kier molecular flexibility index (Phi) is 6.63. The van der Waals surface area contributed by atoms with Gasteiger partial charge in [0.05, 0.1) is 5.69 Å². The number of anilines is 1. The molecule has 0 aromatic heterocycles. The van der Waals surface area contributed by atoms with Crippen LogP contribution in [0.25, 0.3) is 0 Å². The van der Waals surface area contributed by atoms with Crippen LogP contribution in [0.2, 0.25) is 0 Å². The van der Waals surface area contributed by atoms with Crippen molar-refractivity contribution in [2.75, 3.05) is 17.9 Å². The number of alkyl halides is 3. The number of benzene rings is 1. The van der Waals surface area contributed by atoms with Crippen LogP contribution in [0.15, 0.2) is 42.1 Å².